The topological polar surface area (TPSA) is 103 Å². The van der Waals surface area contributed by atoms with Crippen LogP contribution in [0.5, 0.6) is 0 Å². The van der Waals surface area contributed by atoms with Crippen LogP contribution in [0.4, 0.5) is 0 Å². The maximum atomic E-state index is 13.6. The summed E-state index contributed by atoms with van der Waals surface area (Å²) >= 11 is 1.61. The second-order valence-corrected chi connectivity index (χ2v) is 9.54. The fourth-order valence-corrected chi connectivity index (χ4v) is 5.80. The lowest BCUT2D eigenvalue weighted by Crippen LogP contribution is -2.44. The zero-order valence-electron chi connectivity index (χ0n) is 19.1. The average Bonchev–Trinajstić information content (AvgIpc) is 3.52. The van der Waals surface area contributed by atoms with Crippen molar-refractivity contribution in [1.29, 1.82) is 0 Å². The number of aromatic nitrogens is 2. The third-order valence-corrected chi connectivity index (χ3v) is 7.67. The molecule has 35 heavy (non-hydrogen) atoms. The van der Waals surface area contributed by atoms with Crippen molar-refractivity contribution in [3.05, 3.63) is 74.4 Å². The lowest BCUT2D eigenvalue weighted by molar-refractivity contribution is -0.172. The van der Waals surface area contributed by atoms with Crippen LogP contribution in [0.3, 0.4) is 0 Å². The number of carbonyl (C=O) groups is 1. The number of fused-ring (bicyclic) bond motifs is 5. The van der Waals surface area contributed by atoms with Crippen molar-refractivity contribution in [2.24, 2.45) is 5.16 Å². The SMILES string of the molecule is CC[C@@]1(O)C(=O)OCc2c1cc1n(c2=O)Cc2c-1nc1ccc(C=NOC)cc1c2-c1cccs1. The van der Waals surface area contributed by atoms with Gasteiger partial charge in [-0.05, 0) is 41.6 Å². The third-order valence-electron chi connectivity index (χ3n) is 6.79. The summed E-state index contributed by atoms with van der Waals surface area (Å²) in [5, 5.41) is 18.0. The van der Waals surface area contributed by atoms with Crippen molar-refractivity contribution in [1.82, 2.24) is 9.55 Å². The summed E-state index contributed by atoms with van der Waals surface area (Å²) in [5.41, 5.74) is 3.33. The smallest absolute Gasteiger partial charge is 0.343 e. The predicted molar refractivity (Wildman–Crippen MR) is 132 cm³/mol. The largest absolute Gasteiger partial charge is 0.458 e. The lowest BCUT2D eigenvalue weighted by atomic mass is 9.86. The predicted octanol–water partition coefficient (Wildman–Crippen LogP) is 3.79. The van der Waals surface area contributed by atoms with Crippen LogP contribution in [-0.4, -0.2) is 34.0 Å². The molecule has 0 bridgehead atoms. The van der Waals surface area contributed by atoms with E-state index in [9.17, 15) is 14.7 Å². The normalized spacial score (nSPS) is 18.4. The van der Waals surface area contributed by atoms with E-state index in [1.165, 1.54) is 7.11 Å². The summed E-state index contributed by atoms with van der Waals surface area (Å²) in [5.74, 6) is -0.730. The number of rotatable bonds is 4. The minimum absolute atomic E-state index is 0.103. The standard InChI is InChI=1S/C26H21N3O5S/c1-3-26(32)18-10-20-23-16(12-29(20)24(30)17(18)13-34-25(26)31)22(21-5-4-8-35-21)15-9-14(11-27-33-2)6-7-19(15)28-23/h4-11,32H,3,12-13H2,1-2H3/t26-/m0/s1. The number of ether oxygens (including phenoxy) is 1. The molecule has 0 saturated carbocycles. The molecule has 3 aromatic heterocycles. The highest BCUT2D eigenvalue weighted by Gasteiger charge is 2.45. The molecular formula is C26H21N3O5S. The van der Waals surface area contributed by atoms with Crippen LogP contribution < -0.4 is 5.56 Å². The second kappa shape index (κ2) is 7.86. The summed E-state index contributed by atoms with van der Waals surface area (Å²) in [6.07, 6.45) is 1.74. The maximum absolute atomic E-state index is 13.6. The minimum atomic E-state index is -1.85. The quantitative estimate of drug-likeness (QED) is 0.235. The number of hydrogen-bond acceptors (Lipinski definition) is 8. The summed E-state index contributed by atoms with van der Waals surface area (Å²) in [7, 11) is 1.50. The molecule has 1 aromatic carbocycles. The van der Waals surface area contributed by atoms with Gasteiger partial charge in [0.15, 0.2) is 5.60 Å². The van der Waals surface area contributed by atoms with Crippen molar-refractivity contribution in [3.63, 3.8) is 0 Å². The molecule has 0 unspecified atom stereocenters. The Balaban J connectivity index is 1.65. The van der Waals surface area contributed by atoms with E-state index >= 15 is 0 Å². The first-order valence-corrected chi connectivity index (χ1v) is 12.1. The Hall–Kier alpha value is -3.82. The number of esters is 1. The number of cyclic esters (lactones) is 1. The molecule has 1 N–H and O–H groups in total. The Morgan fingerprint density at radius 1 is 1.29 bits per heavy atom. The Labute approximate surface area is 204 Å². The number of carbonyl (C=O) groups excluding carboxylic acids is 1. The zero-order chi connectivity index (χ0) is 24.3. The van der Waals surface area contributed by atoms with E-state index in [0.717, 1.165) is 32.5 Å². The van der Waals surface area contributed by atoms with Crippen molar-refractivity contribution in [3.8, 4) is 21.8 Å². The first kappa shape index (κ1) is 21.7. The van der Waals surface area contributed by atoms with Gasteiger partial charge in [0.05, 0.1) is 35.2 Å². The number of pyridine rings is 2. The number of nitrogens with zero attached hydrogens (tertiary/aromatic N) is 3. The van der Waals surface area contributed by atoms with Gasteiger partial charge in [0.25, 0.3) is 5.56 Å². The Morgan fingerprint density at radius 2 is 2.14 bits per heavy atom. The van der Waals surface area contributed by atoms with Crippen LogP contribution in [-0.2, 0) is 33.1 Å². The van der Waals surface area contributed by atoms with Gasteiger partial charge in [-0.1, -0.05) is 24.2 Å². The van der Waals surface area contributed by atoms with Crippen LogP contribution in [0.25, 0.3) is 32.7 Å². The van der Waals surface area contributed by atoms with Crippen LogP contribution in [0.1, 0.15) is 35.6 Å². The molecule has 2 aliphatic heterocycles. The van der Waals surface area contributed by atoms with Gasteiger partial charge in [-0.25, -0.2) is 9.78 Å². The van der Waals surface area contributed by atoms with Crippen molar-refractivity contribution in [2.75, 3.05) is 7.11 Å². The van der Waals surface area contributed by atoms with Crippen molar-refractivity contribution < 1.29 is 19.5 Å². The van der Waals surface area contributed by atoms with Crippen LogP contribution in [0, 0.1) is 0 Å². The zero-order valence-corrected chi connectivity index (χ0v) is 19.9. The van der Waals surface area contributed by atoms with Crippen LogP contribution in [0.2, 0.25) is 0 Å². The van der Waals surface area contributed by atoms with Crippen molar-refractivity contribution >= 4 is 34.4 Å². The van der Waals surface area contributed by atoms with Gasteiger partial charge in [0, 0.05) is 27.0 Å². The Kier molecular flexibility index (Phi) is 4.87. The highest BCUT2D eigenvalue weighted by molar-refractivity contribution is 7.13. The number of aliphatic hydroxyl groups is 1. The molecule has 5 heterocycles. The first-order chi connectivity index (χ1) is 17.0. The van der Waals surface area contributed by atoms with Gasteiger partial charge >= 0.3 is 5.97 Å². The molecule has 6 rings (SSSR count). The van der Waals surface area contributed by atoms with Crippen LogP contribution >= 0.6 is 11.3 Å². The molecule has 4 aromatic rings. The van der Waals surface area contributed by atoms with Gasteiger partial charge in [0.2, 0.25) is 0 Å². The Bertz CT molecular complexity index is 1610. The number of thiophene rings is 1. The molecule has 8 nitrogen and oxygen atoms in total. The number of hydrogen-bond donors (Lipinski definition) is 1. The molecule has 176 valence electrons. The van der Waals surface area contributed by atoms with E-state index in [2.05, 4.69) is 11.2 Å². The number of oxime groups is 1. The van der Waals surface area contributed by atoms with E-state index in [1.807, 2.05) is 29.6 Å². The van der Waals surface area contributed by atoms with Gasteiger partial charge in [0.1, 0.15) is 13.7 Å². The molecule has 0 saturated heterocycles. The maximum Gasteiger partial charge on any atom is 0.343 e. The molecule has 0 radical (unpaired) electrons. The summed E-state index contributed by atoms with van der Waals surface area (Å²) in [6.45, 7) is 1.88. The molecule has 0 aliphatic carbocycles. The Morgan fingerprint density at radius 3 is 2.89 bits per heavy atom. The summed E-state index contributed by atoms with van der Waals surface area (Å²) in [4.78, 5) is 36.8. The van der Waals surface area contributed by atoms with Crippen LogP contribution in [0.15, 0.2) is 51.7 Å². The highest BCUT2D eigenvalue weighted by Crippen LogP contribution is 2.44. The minimum Gasteiger partial charge on any atom is -0.458 e. The fourth-order valence-electron chi connectivity index (χ4n) is 4.99. The van der Waals surface area contributed by atoms with Gasteiger partial charge in [-0.2, -0.15) is 0 Å². The van der Waals surface area contributed by atoms with E-state index in [4.69, 9.17) is 14.6 Å². The number of benzene rings is 1. The van der Waals surface area contributed by atoms with E-state index in [1.54, 1.807) is 35.1 Å². The molecule has 1 atom stereocenters. The molecular weight excluding hydrogens is 466 g/mol. The van der Waals surface area contributed by atoms with E-state index < -0.39 is 11.6 Å². The fraction of sp³-hybridized carbons (Fsp3) is 0.231. The third kappa shape index (κ3) is 3.08. The second-order valence-electron chi connectivity index (χ2n) is 8.59. The van der Waals surface area contributed by atoms with E-state index in [-0.39, 0.29) is 18.6 Å². The molecule has 0 spiro atoms. The van der Waals surface area contributed by atoms with Crippen molar-refractivity contribution in [2.45, 2.75) is 32.1 Å². The monoisotopic (exact) mass is 487 g/mol. The van der Waals surface area contributed by atoms with E-state index in [0.29, 0.717) is 29.1 Å². The molecule has 0 amide bonds. The highest BCUT2D eigenvalue weighted by atomic mass is 32.1. The van der Waals surface area contributed by atoms with Gasteiger partial charge in [-0.3, -0.25) is 4.79 Å². The summed E-state index contributed by atoms with van der Waals surface area (Å²) < 4.78 is 6.84. The molecule has 0 fully saturated rings. The molecule has 2 aliphatic rings. The van der Waals surface area contributed by atoms with Gasteiger partial charge in [-0.15, -0.1) is 11.3 Å². The first-order valence-electron chi connectivity index (χ1n) is 11.2. The molecule has 9 heteroatoms. The summed E-state index contributed by atoms with van der Waals surface area (Å²) in [6, 6.07) is 11.6. The van der Waals surface area contributed by atoms with Gasteiger partial charge < -0.3 is 19.2 Å². The average molecular weight is 488 g/mol. The lowest BCUT2D eigenvalue weighted by Gasteiger charge is -2.31.